The minimum atomic E-state index is -0.163. The molecule has 4 nitrogen and oxygen atoms in total. The second-order valence-electron chi connectivity index (χ2n) is 5.56. The third kappa shape index (κ3) is 3.19. The number of hydrogen-bond donors (Lipinski definition) is 2. The molecular weight excluding hydrogens is 240 g/mol. The van der Waals surface area contributed by atoms with Crippen LogP contribution in [0.2, 0.25) is 0 Å². The highest BCUT2D eigenvalue weighted by molar-refractivity contribution is 5.49. The van der Waals surface area contributed by atoms with E-state index in [0.717, 1.165) is 30.7 Å². The predicted molar refractivity (Wildman–Crippen MR) is 77.9 cm³/mol. The van der Waals surface area contributed by atoms with E-state index in [4.69, 9.17) is 4.74 Å². The lowest BCUT2D eigenvalue weighted by molar-refractivity contribution is 0.146. The van der Waals surface area contributed by atoms with E-state index in [0.29, 0.717) is 0 Å². The Morgan fingerprint density at radius 3 is 2.84 bits per heavy atom. The minimum Gasteiger partial charge on any atom is -0.490 e. The summed E-state index contributed by atoms with van der Waals surface area (Å²) in [6, 6.07) is 8.12. The summed E-state index contributed by atoms with van der Waals surface area (Å²) in [7, 11) is 5.95. The van der Waals surface area contributed by atoms with Gasteiger partial charge in [-0.1, -0.05) is 6.07 Å². The zero-order chi connectivity index (χ0) is 13.9. The molecule has 1 aromatic carbocycles. The van der Waals surface area contributed by atoms with Gasteiger partial charge in [-0.15, -0.1) is 0 Å². The highest BCUT2D eigenvalue weighted by atomic mass is 16.5. The Morgan fingerprint density at radius 2 is 2.26 bits per heavy atom. The molecule has 0 saturated heterocycles. The zero-order valence-corrected chi connectivity index (χ0v) is 12.0. The van der Waals surface area contributed by atoms with Crippen molar-refractivity contribution in [3.8, 4) is 5.75 Å². The molecule has 0 heterocycles. The maximum atomic E-state index is 9.49. The predicted octanol–water partition coefficient (Wildman–Crippen LogP) is 1.63. The molecule has 19 heavy (non-hydrogen) atoms. The summed E-state index contributed by atoms with van der Waals surface area (Å²) >= 11 is 0. The molecule has 2 N–H and O–H groups in total. The molecule has 4 heteroatoms. The molecule has 1 aliphatic rings. The molecule has 1 aliphatic carbocycles. The van der Waals surface area contributed by atoms with Gasteiger partial charge in [0, 0.05) is 37.8 Å². The Kier molecular flexibility index (Phi) is 4.32. The second-order valence-corrected chi connectivity index (χ2v) is 5.56. The highest BCUT2D eigenvalue weighted by Crippen LogP contribution is 2.33. The molecule has 0 amide bonds. The summed E-state index contributed by atoms with van der Waals surface area (Å²) < 4.78 is 6.05. The summed E-state index contributed by atoms with van der Waals surface area (Å²) in [5.41, 5.74) is 0.974. The number of rotatable bonds is 5. The van der Waals surface area contributed by atoms with Crippen LogP contribution in [0.25, 0.3) is 0 Å². The third-order valence-electron chi connectivity index (χ3n) is 4.03. The number of aliphatic hydroxyl groups is 1. The monoisotopic (exact) mass is 264 g/mol. The van der Waals surface area contributed by atoms with Crippen molar-refractivity contribution in [1.29, 1.82) is 0 Å². The van der Waals surface area contributed by atoms with Crippen molar-refractivity contribution >= 4 is 5.69 Å². The molecule has 0 aliphatic heterocycles. The first-order valence-electron chi connectivity index (χ1n) is 6.82. The molecule has 1 aromatic rings. The first-order chi connectivity index (χ1) is 9.08. The molecule has 106 valence electrons. The Labute approximate surface area is 115 Å². The highest BCUT2D eigenvalue weighted by Gasteiger charge is 2.38. The van der Waals surface area contributed by atoms with Crippen LogP contribution in [0, 0.1) is 0 Å². The Hall–Kier alpha value is -1.26. The first-order valence-corrected chi connectivity index (χ1v) is 6.82. The van der Waals surface area contributed by atoms with Crippen molar-refractivity contribution in [3.05, 3.63) is 24.3 Å². The van der Waals surface area contributed by atoms with Gasteiger partial charge in [0.25, 0.3) is 0 Å². The van der Waals surface area contributed by atoms with E-state index in [1.807, 2.05) is 33.3 Å². The quantitative estimate of drug-likeness (QED) is 0.848. The summed E-state index contributed by atoms with van der Waals surface area (Å²) in [5, 5.41) is 12.7. The summed E-state index contributed by atoms with van der Waals surface area (Å²) in [6.07, 6.45) is 2.97. The van der Waals surface area contributed by atoms with Gasteiger partial charge < -0.3 is 20.1 Å². The molecule has 0 aromatic heterocycles. The van der Waals surface area contributed by atoms with Gasteiger partial charge in [0.2, 0.25) is 0 Å². The number of anilines is 1. The number of ether oxygens (including phenoxy) is 1. The van der Waals surface area contributed by atoms with Crippen molar-refractivity contribution in [3.63, 3.8) is 0 Å². The van der Waals surface area contributed by atoms with Crippen molar-refractivity contribution < 1.29 is 9.84 Å². The lowest BCUT2D eigenvalue weighted by Crippen LogP contribution is -2.44. The molecular formula is C15H24N2O2. The fourth-order valence-electron chi connectivity index (χ4n) is 2.65. The van der Waals surface area contributed by atoms with Crippen LogP contribution in [-0.4, -0.2) is 44.5 Å². The molecule has 0 radical (unpaired) electrons. The summed E-state index contributed by atoms with van der Waals surface area (Å²) in [6.45, 7) is 0.168. The van der Waals surface area contributed by atoms with Crippen molar-refractivity contribution in [2.24, 2.45) is 0 Å². The van der Waals surface area contributed by atoms with E-state index < -0.39 is 0 Å². The standard InChI is InChI=1S/C15H24N2O2/c1-16-15(11-18)8-7-14(10-15)19-13-6-4-5-12(9-13)17(2)3/h4-6,9,14,16,18H,7-8,10-11H2,1-3H3. The van der Waals surface area contributed by atoms with Crippen LogP contribution in [0.5, 0.6) is 5.75 Å². The van der Waals surface area contributed by atoms with Crippen LogP contribution in [0.4, 0.5) is 5.69 Å². The summed E-state index contributed by atoms with van der Waals surface area (Å²) in [4.78, 5) is 2.06. The third-order valence-corrected chi connectivity index (χ3v) is 4.03. The van der Waals surface area contributed by atoms with Crippen LogP contribution < -0.4 is 15.0 Å². The van der Waals surface area contributed by atoms with E-state index in [-0.39, 0.29) is 18.2 Å². The van der Waals surface area contributed by atoms with E-state index in [9.17, 15) is 5.11 Å². The molecule has 1 fully saturated rings. The topological polar surface area (TPSA) is 44.7 Å². The Morgan fingerprint density at radius 1 is 1.47 bits per heavy atom. The van der Waals surface area contributed by atoms with Crippen molar-refractivity contribution in [2.75, 3.05) is 32.6 Å². The van der Waals surface area contributed by atoms with Gasteiger partial charge in [-0.2, -0.15) is 0 Å². The second kappa shape index (κ2) is 5.80. The van der Waals surface area contributed by atoms with E-state index in [2.05, 4.69) is 22.3 Å². The van der Waals surface area contributed by atoms with Gasteiger partial charge in [-0.05, 0) is 32.0 Å². The molecule has 0 spiro atoms. The molecule has 2 rings (SSSR count). The zero-order valence-electron chi connectivity index (χ0n) is 12.0. The van der Waals surface area contributed by atoms with Gasteiger partial charge in [0.15, 0.2) is 0 Å². The van der Waals surface area contributed by atoms with Crippen LogP contribution in [-0.2, 0) is 0 Å². The fourth-order valence-corrected chi connectivity index (χ4v) is 2.65. The van der Waals surface area contributed by atoms with Gasteiger partial charge in [-0.3, -0.25) is 0 Å². The SMILES string of the molecule is CNC1(CO)CCC(Oc2cccc(N(C)C)c2)C1. The normalized spacial score (nSPS) is 26.4. The number of likely N-dealkylation sites (N-methyl/N-ethyl adjacent to an activating group) is 1. The fraction of sp³-hybridized carbons (Fsp3) is 0.600. The summed E-state index contributed by atoms with van der Waals surface area (Å²) in [5.74, 6) is 0.904. The Bertz CT molecular complexity index is 416. The minimum absolute atomic E-state index is 0.163. The van der Waals surface area contributed by atoms with Crippen LogP contribution in [0.15, 0.2) is 24.3 Å². The van der Waals surface area contributed by atoms with Crippen LogP contribution in [0.1, 0.15) is 19.3 Å². The van der Waals surface area contributed by atoms with E-state index in [1.165, 1.54) is 0 Å². The van der Waals surface area contributed by atoms with Gasteiger partial charge in [0.05, 0.1) is 6.61 Å². The number of hydrogen-bond acceptors (Lipinski definition) is 4. The number of aliphatic hydroxyl groups excluding tert-OH is 1. The number of nitrogens with zero attached hydrogens (tertiary/aromatic N) is 1. The molecule has 2 atom stereocenters. The maximum Gasteiger partial charge on any atom is 0.121 e. The van der Waals surface area contributed by atoms with Crippen molar-refractivity contribution in [2.45, 2.75) is 30.9 Å². The Balaban J connectivity index is 2.01. The van der Waals surface area contributed by atoms with Gasteiger partial charge in [-0.25, -0.2) is 0 Å². The number of nitrogens with one attached hydrogen (secondary N) is 1. The lowest BCUT2D eigenvalue weighted by atomic mass is 9.99. The molecule has 1 saturated carbocycles. The van der Waals surface area contributed by atoms with Gasteiger partial charge >= 0.3 is 0 Å². The smallest absolute Gasteiger partial charge is 0.121 e. The lowest BCUT2D eigenvalue weighted by Gasteiger charge is -2.26. The van der Waals surface area contributed by atoms with E-state index in [1.54, 1.807) is 0 Å². The first kappa shape index (κ1) is 14.2. The van der Waals surface area contributed by atoms with E-state index >= 15 is 0 Å². The average molecular weight is 264 g/mol. The van der Waals surface area contributed by atoms with Crippen LogP contribution in [0.3, 0.4) is 0 Å². The van der Waals surface area contributed by atoms with Gasteiger partial charge in [0.1, 0.15) is 11.9 Å². The molecule has 2 unspecified atom stereocenters. The van der Waals surface area contributed by atoms with Crippen molar-refractivity contribution in [1.82, 2.24) is 5.32 Å². The largest absolute Gasteiger partial charge is 0.490 e. The number of benzene rings is 1. The maximum absolute atomic E-state index is 9.49. The molecule has 0 bridgehead atoms. The average Bonchev–Trinajstić information content (AvgIpc) is 2.83. The van der Waals surface area contributed by atoms with Crippen LogP contribution >= 0.6 is 0 Å².